The highest BCUT2D eigenvalue weighted by Gasteiger charge is 2.27. The maximum atomic E-state index is 11.6. The van der Waals surface area contributed by atoms with Crippen molar-refractivity contribution < 1.29 is 14.5 Å². The maximum Gasteiger partial charge on any atom is 0.311 e. The van der Waals surface area contributed by atoms with Crippen molar-refractivity contribution in [2.24, 2.45) is 5.92 Å². The van der Waals surface area contributed by atoms with Gasteiger partial charge in [0.2, 0.25) is 5.82 Å². The zero-order chi connectivity index (χ0) is 14.7. The number of anilines is 2. The van der Waals surface area contributed by atoms with Crippen molar-refractivity contribution in [3.63, 3.8) is 0 Å². The summed E-state index contributed by atoms with van der Waals surface area (Å²) in [5.74, 6) is -0.0223. The first-order valence-electron chi connectivity index (χ1n) is 6.26. The third kappa shape index (κ3) is 2.79. The Labute approximate surface area is 115 Å². The fourth-order valence-electron chi connectivity index (χ4n) is 2.33. The van der Waals surface area contributed by atoms with E-state index in [2.05, 4.69) is 4.98 Å². The highest BCUT2D eigenvalue weighted by Crippen LogP contribution is 2.26. The van der Waals surface area contributed by atoms with Gasteiger partial charge in [0.15, 0.2) is 0 Å². The van der Waals surface area contributed by atoms with Crippen molar-refractivity contribution in [1.82, 2.24) is 4.98 Å². The lowest BCUT2D eigenvalue weighted by Crippen LogP contribution is -2.39. The van der Waals surface area contributed by atoms with Crippen LogP contribution in [0.4, 0.5) is 17.3 Å². The minimum Gasteiger partial charge on any atom is -0.469 e. The van der Waals surface area contributed by atoms with E-state index >= 15 is 0 Å². The maximum absolute atomic E-state index is 11.6. The van der Waals surface area contributed by atoms with E-state index in [0.717, 1.165) is 19.4 Å². The van der Waals surface area contributed by atoms with Gasteiger partial charge in [-0.25, -0.2) is 4.98 Å². The standard InChI is InChI=1S/C12H16N4O4/c1-20-12(17)8-3-2-6-15(7-8)10-5-4-9(16(18)19)11(13)14-10/h4-5,8H,2-3,6-7H2,1H3,(H2,13,14)/t8-/m1/s1. The number of nitrogen functional groups attached to an aromatic ring is 1. The number of nitro groups is 1. The summed E-state index contributed by atoms with van der Waals surface area (Å²) in [6, 6.07) is 2.88. The van der Waals surface area contributed by atoms with Gasteiger partial charge in [-0.1, -0.05) is 0 Å². The van der Waals surface area contributed by atoms with Crippen molar-refractivity contribution >= 4 is 23.3 Å². The summed E-state index contributed by atoms with van der Waals surface area (Å²) in [6.45, 7) is 1.22. The summed E-state index contributed by atoms with van der Waals surface area (Å²) in [7, 11) is 1.36. The van der Waals surface area contributed by atoms with Crippen LogP contribution in [0.15, 0.2) is 12.1 Å². The summed E-state index contributed by atoms with van der Waals surface area (Å²) in [4.78, 5) is 27.6. The highest BCUT2D eigenvalue weighted by atomic mass is 16.6. The number of hydrogen-bond acceptors (Lipinski definition) is 7. The number of aromatic nitrogens is 1. The van der Waals surface area contributed by atoms with Crippen LogP contribution in [0.5, 0.6) is 0 Å². The number of methoxy groups -OCH3 is 1. The Morgan fingerprint density at radius 2 is 2.35 bits per heavy atom. The number of rotatable bonds is 3. The predicted molar refractivity (Wildman–Crippen MR) is 72.3 cm³/mol. The molecule has 1 aromatic heterocycles. The van der Waals surface area contributed by atoms with Crippen LogP contribution in [0.3, 0.4) is 0 Å². The highest BCUT2D eigenvalue weighted by molar-refractivity contribution is 5.73. The summed E-state index contributed by atoms with van der Waals surface area (Å²) < 4.78 is 4.75. The van der Waals surface area contributed by atoms with E-state index in [4.69, 9.17) is 10.5 Å². The molecule has 2 N–H and O–H groups in total. The lowest BCUT2D eigenvalue weighted by Gasteiger charge is -2.32. The van der Waals surface area contributed by atoms with Gasteiger partial charge in [-0.05, 0) is 18.9 Å². The molecule has 2 heterocycles. The molecular formula is C12H16N4O4. The van der Waals surface area contributed by atoms with Crippen LogP contribution in [-0.4, -0.2) is 36.1 Å². The molecule has 8 nitrogen and oxygen atoms in total. The second-order valence-electron chi connectivity index (χ2n) is 4.64. The third-order valence-corrected chi connectivity index (χ3v) is 3.36. The van der Waals surface area contributed by atoms with Crippen LogP contribution in [0.2, 0.25) is 0 Å². The van der Waals surface area contributed by atoms with Crippen LogP contribution >= 0.6 is 0 Å². The average molecular weight is 280 g/mol. The predicted octanol–water partition coefficient (Wildman–Crippen LogP) is 0.961. The fraction of sp³-hybridized carbons (Fsp3) is 0.500. The van der Waals surface area contributed by atoms with Crippen molar-refractivity contribution in [1.29, 1.82) is 0 Å². The van der Waals surface area contributed by atoms with Crippen LogP contribution in [-0.2, 0) is 9.53 Å². The Kier molecular flexibility index (Phi) is 4.02. The average Bonchev–Trinajstić information content (AvgIpc) is 2.46. The lowest BCUT2D eigenvalue weighted by molar-refractivity contribution is -0.384. The van der Waals surface area contributed by atoms with E-state index < -0.39 is 4.92 Å². The smallest absolute Gasteiger partial charge is 0.311 e. The topological polar surface area (TPSA) is 112 Å². The second-order valence-corrected chi connectivity index (χ2v) is 4.64. The molecule has 0 amide bonds. The zero-order valence-electron chi connectivity index (χ0n) is 11.1. The molecule has 1 aliphatic heterocycles. The Hall–Kier alpha value is -2.38. The van der Waals surface area contributed by atoms with Crippen LogP contribution in [0.1, 0.15) is 12.8 Å². The first-order valence-corrected chi connectivity index (χ1v) is 6.26. The van der Waals surface area contributed by atoms with Crippen LogP contribution in [0, 0.1) is 16.0 Å². The molecule has 1 aliphatic rings. The number of carbonyl (C=O) groups is 1. The third-order valence-electron chi connectivity index (χ3n) is 3.36. The summed E-state index contributed by atoms with van der Waals surface area (Å²) in [6.07, 6.45) is 1.60. The van der Waals surface area contributed by atoms with Gasteiger partial charge in [0.25, 0.3) is 0 Å². The minimum atomic E-state index is -0.570. The molecule has 0 unspecified atom stereocenters. The molecule has 1 aromatic rings. The van der Waals surface area contributed by atoms with Gasteiger partial charge >= 0.3 is 11.7 Å². The summed E-state index contributed by atoms with van der Waals surface area (Å²) in [5.41, 5.74) is 5.37. The van der Waals surface area contributed by atoms with Crippen LogP contribution in [0.25, 0.3) is 0 Å². The number of nitrogens with two attached hydrogens (primary N) is 1. The molecular weight excluding hydrogens is 264 g/mol. The minimum absolute atomic E-state index is 0.118. The van der Waals surface area contributed by atoms with E-state index in [9.17, 15) is 14.9 Å². The molecule has 0 aliphatic carbocycles. The number of nitrogens with zero attached hydrogens (tertiary/aromatic N) is 3. The Morgan fingerprint density at radius 1 is 1.60 bits per heavy atom. The molecule has 0 saturated carbocycles. The van der Waals surface area contributed by atoms with E-state index in [-0.39, 0.29) is 23.4 Å². The molecule has 108 valence electrons. The first kappa shape index (κ1) is 14.0. The summed E-state index contributed by atoms with van der Waals surface area (Å²) in [5, 5.41) is 10.7. The van der Waals surface area contributed by atoms with Crippen molar-refractivity contribution in [3.05, 3.63) is 22.2 Å². The number of piperidine rings is 1. The Morgan fingerprint density at radius 3 is 2.95 bits per heavy atom. The van der Waals surface area contributed by atoms with E-state index in [1.54, 1.807) is 6.07 Å². The molecule has 0 aromatic carbocycles. The molecule has 20 heavy (non-hydrogen) atoms. The fourth-order valence-corrected chi connectivity index (χ4v) is 2.33. The number of esters is 1. The van der Waals surface area contributed by atoms with Crippen molar-refractivity contribution in [2.45, 2.75) is 12.8 Å². The summed E-state index contributed by atoms with van der Waals surface area (Å²) >= 11 is 0. The van der Waals surface area contributed by atoms with E-state index in [1.807, 2.05) is 4.90 Å². The first-order chi connectivity index (χ1) is 9.52. The number of hydrogen-bond donors (Lipinski definition) is 1. The molecule has 1 fully saturated rings. The normalized spacial score (nSPS) is 18.6. The SMILES string of the molecule is COC(=O)[C@@H]1CCCN(c2ccc([N+](=O)[O-])c(N)n2)C1. The molecule has 1 saturated heterocycles. The van der Waals surface area contributed by atoms with Crippen molar-refractivity contribution in [2.75, 3.05) is 30.8 Å². The quantitative estimate of drug-likeness (QED) is 0.498. The lowest BCUT2D eigenvalue weighted by atomic mass is 9.98. The number of carbonyl (C=O) groups excluding carboxylic acids is 1. The number of pyridine rings is 1. The van der Waals surface area contributed by atoms with Gasteiger partial charge in [-0.2, -0.15) is 0 Å². The molecule has 0 spiro atoms. The van der Waals surface area contributed by atoms with Gasteiger partial charge in [-0.3, -0.25) is 14.9 Å². The molecule has 0 radical (unpaired) electrons. The van der Waals surface area contributed by atoms with Gasteiger partial charge in [0, 0.05) is 19.2 Å². The molecule has 2 rings (SSSR count). The van der Waals surface area contributed by atoms with E-state index in [1.165, 1.54) is 13.2 Å². The number of ether oxygens (including phenoxy) is 1. The van der Waals surface area contributed by atoms with Gasteiger partial charge in [-0.15, -0.1) is 0 Å². The van der Waals surface area contributed by atoms with Crippen LogP contribution < -0.4 is 10.6 Å². The Bertz CT molecular complexity index is 534. The van der Waals surface area contributed by atoms with E-state index in [0.29, 0.717) is 12.4 Å². The van der Waals surface area contributed by atoms with Crippen molar-refractivity contribution in [3.8, 4) is 0 Å². The molecule has 0 bridgehead atoms. The Balaban J connectivity index is 2.17. The molecule has 8 heteroatoms. The van der Waals surface area contributed by atoms with Gasteiger partial charge in [0.05, 0.1) is 18.0 Å². The zero-order valence-corrected chi connectivity index (χ0v) is 11.1. The van der Waals surface area contributed by atoms with Gasteiger partial charge < -0.3 is 15.4 Å². The second kappa shape index (κ2) is 5.72. The monoisotopic (exact) mass is 280 g/mol. The largest absolute Gasteiger partial charge is 0.469 e. The van der Waals surface area contributed by atoms with Gasteiger partial charge in [0.1, 0.15) is 5.82 Å². The molecule has 1 atom stereocenters.